The molecule has 3 heteroatoms. The Kier molecular flexibility index (Phi) is 2.45. The van der Waals surface area contributed by atoms with Crippen molar-refractivity contribution in [2.45, 2.75) is 12.8 Å². The molecule has 1 rings (SSSR count). The van der Waals surface area contributed by atoms with Crippen molar-refractivity contribution >= 4 is 0 Å². The third-order valence-electron chi connectivity index (χ3n) is 1.88. The number of nitrogens with two attached hydrogens (primary N) is 2. The second-order valence-corrected chi connectivity index (χ2v) is 2.74. The number of nitrogens with zero attached hydrogens (tertiary/aromatic N) is 1. The van der Waals surface area contributed by atoms with Crippen molar-refractivity contribution in [2.24, 2.45) is 17.5 Å². The van der Waals surface area contributed by atoms with Gasteiger partial charge >= 0.3 is 0 Å². The Morgan fingerprint density at radius 1 is 1.56 bits per heavy atom. The Balaban J connectivity index is 2.23. The molecule has 1 heterocycles. The van der Waals surface area contributed by atoms with Crippen LogP contribution in [0.15, 0.2) is 0 Å². The van der Waals surface area contributed by atoms with Crippen LogP contribution in [-0.2, 0) is 0 Å². The van der Waals surface area contributed by atoms with Gasteiger partial charge in [-0.15, -0.1) is 0 Å². The van der Waals surface area contributed by atoms with Gasteiger partial charge in [0.05, 0.1) is 0 Å². The monoisotopic (exact) mass is 129 g/mol. The van der Waals surface area contributed by atoms with E-state index in [1.54, 1.807) is 0 Å². The standard InChI is InChI=1S/C6H15N3/c7-4-6-2-1-3-9(8)5-6/h6H,1-5,7-8H2/t6-/m1/s1. The fourth-order valence-electron chi connectivity index (χ4n) is 1.29. The van der Waals surface area contributed by atoms with E-state index in [0.717, 1.165) is 19.6 Å². The molecular weight excluding hydrogens is 114 g/mol. The van der Waals surface area contributed by atoms with Crippen LogP contribution >= 0.6 is 0 Å². The SMILES string of the molecule is NC[C@H]1CCCN(N)C1. The molecule has 1 aliphatic rings. The highest BCUT2D eigenvalue weighted by Crippen LogP contribution is 2.11. The van der Waals surface area contributed by atoms with Gasteiger partial charge in [-0.05, 0) is 25.3 Å². The van der Waals surface area contributed by atoms with Crippen molar-refractivity contribution in [1.29, 1.82) is 0 Å². The lowest BCUT2D eigenvalue weighted by molar-refractivity contribution is 0.181. The Morgan fingerprint density at radius 3 is 2.78 bits per heavy atom. The summed E-state index contributed by atoms with van der Waals surface area (Å²) in [5.74, 6) is 6.22. The van der Waals surface area contributed by atoms with Gasteiger partial charge in [-0.1, -0.05) is 0 Å². The van der Waals surface area contributed by atoms with Crippen molar-refractivity contribution in [3.8, 4) is 0 Å². The van der Waals surface area contributed by atoms with Crippen LogP contribution in [0.1, 0.15) is 12.8 Å². The topological polar surface area (TPSA) is 55.3 Å². The van der Waals surface area contributed by atoms with E-state index in [1.165, 1.54) is 12.8 Å². The lowest BCUT2D eigenvalue weighted by Gasteiger charge is -2.27. The molecule has 3 nitrogen and oxygen atoms in total. The van der Waals surface area contributed by atoms with Crippen molar-refractivity contribution < 1.29 is 0 Å². The van der Waals surface area contributed by atoms with Crippen molar-refractivity contribution in [1.82, 2.24) is 5.01 Å². The lowest BCUT2D eigenvalue weighted by Crippen LogP contribution is -2.42. The van der Waals surface area contributed by atoms with Crippen molar-refractivity contribution in [3.05, 3.63) is 0 Å². The summed E-state index contributed by atoms with van der Waals surface area (Å²) in [5, 5.41) is 1.86. The quantitative estimate of drug-likeness (QED) is 0.471. The molecule has 9 heavy (non-hydrogen) atoms. The minimum Gasteiger partial charge on any atom is -0.330 e. The smallest absolute Gasteiger partial charge is 0.0169 e. The fourth-order valence-corrected chi connectivity index (χ4v) is 1.29. The lowest BCUT2D eigenvalue weighted by atomic mass is 10.00. The van der Waals surface area contributed by atoms with Crippen LogP contribution in [0.25, 0.3) is 0 Å². The molecule has 1 saturated heterocycles. The van der Waals surface area contributed by atoms with Crippen LogP contribution in [0.2, 0.25) is 0 Å². The maximum absolute atomic E-state index is 5.58. The highest BCUT2D eigenvalue weighted by molar-refractivity contribution is 4.69. The van der Waals surface area contributed by atoms with Crippen LogP contribution in [-0.4, -0.2) is 24.6 Å². The fraction of sp³-hybridized carbons (Fsp3) is 1.00. The zero-order valence-corrected chi connectivity index (χ0v) is 5.71. The normalized spacial score (nSPS) is 30.7. The summed E-state index contributed by atoms with van der Waals surface area (Å²) in [4.78, 5) is 0. The molecular formula is C6H15N3. The third kappa shape index (κ3) is 1.93. The van der Waals surface area contributed by atoms with E-state index >= 15 is 0 Å². The Labute approximate surface area is 56.0 Å². The number of hydrogen-bond acceptors (Lipinski definition) is 3. The van der Waals surface area contributed by atoms with Crippen LogP contribution in [0.5, 0.6) is 0 Å². The Bertz CT molecular complexity index is 84.4. The molecule has 0 aromatic carbocycles. The molecule has 0 spiro atoms. The molecule has 0 bridgehead atoms. The molecule has 0 saturated carbocycles. The maximum atomic E-state index is 5.58. The van der Waals surface area contributed by atoms with Crippen molar-refractivity contribution in [3.63, 3.8) is 0 Å². The Hall–Kier alpha value is -0.120. The van der Waals surface area contributed by atoms with E-state index in [0.29, 0.717) is 5.92 Å². The van der Waals surface area contributed by atoms with Crippen LogP contribution < -0.4 is 11.6 Å². The number of piperidine rings is 1. The minimum atomic E-state index is 0.642. The average molecular weight is 129 g/mol. The van der Waals surface area contributed by atoms with Gasteiger partial charge in [0.25, 0.3) is 0 Å². The Morgan fingerprint density at radius 2 is 2.33 bits per heavy atom. The van der Waals surface area contributed by atoms with Gasteiger partial charge < -0.3 is 5.73 Å². The third-order valence-corrected chi connectivity index (χ3v) is 1.88. The average Bonchev–Trinajstić information content (AvgIpc) is 1.88. The number of hydrazine groups is 1. The number of rotatable bonds is 1. The summed E-state index contributed by atoms with van der Waals surface area (Å²) in [6.45, 7) is 2.81. The summed E-state index contributed by atoms with van der Waals surface area (Å²) in [6.07, 6.45) is 2.46. The molecule has 54 valence electrons. The first-order valence-electron chi connectivity index (χ1n) is 3.52. The first-order chi connectivity index (χ1) is 4.33. The van der Waals surface area contributed by atoms with Crippen LogP contribution in [0.4, 0.5) is 0 Å². The highest BCUT2D eigenvalue weighted by atomic mass is 15.4. The van der Waals surface area contributed by atoms with E-state index in [4.69, 9.17) is 11.6 Å². The van der Waals surface area contributed by atoms with Crippen LogP contribution in [0.3, 0.4) is 0 Å². The van der Waals surface area contributed by atoms with Gasteiger partial charge in [-0.2, -0.15) is 0 Å². The molecule has 1 fully saturated rings. The van der Waals surface area contributed by atoms with E-state index < -0.39 is 0 Å². The summed E-state index contributed by atoms with van der Waals surface area (Å²) in [6, 6.07) is 0. The zero-order chi connectivity index (χ0) is 6.69. The molecule has 0 unspecified atom stereocenters. The molecule has 0 aromatic heterocycles. The van der Waals surface area contributed by atoms with Gasteiger partial charge in [-0.3, -0.25) is 5.84 Å². The highest BCUT2D eigenvalue weighted by Gasteiger charge is 2.14. The second-order valence-electron chi connectivity index (χ2n) is 2.74. The number of hydrogen-bond donors (Lipinski definition) is 2. The molecule has 0 aromatic rings. The summed E-state index contributed by atoms with van der Waals surface area (Å²) < 4.78 is 0. The van der Waals surface area contributed by atoms with Gasteiger partial charge in [0.1, 0.15) is 0 Å². The van der Waals surface area contributed by atoms with Crippen LogP contribution in [0, 0.1) is 5.92 Å². The summed E-state index contributed by atoms with van der Waals surface area (Å²) in [7, 11) is 0. The summed E-state index contributed by atoms with van der Waals surface area (Å²) in [5.41, 5.74) is 5.48. The molecule has 0 aliphatic carbocycles. The largest absolute Gasteiger partial charge is 0.330 e. The molecule has 0 amide bonds. The minimum absolute atomic E-state index is 0.642. The van der Waals surface area contributed by atoms with Crippen molar-refractivity contribution in [2.75, 3.05) is 19.6 Å². The first-order valence-corrected chi connectivity index (χ1v) is 3.52. The molecule has 1 aliphatic heterocycles. The molecule has 1 atom stereocenters. The van der Waals surface area contributed by atoms with E-state index in [1.807, 2.05) is 5.01 Å². The van der Waals surface area contributed by atoms with Gasteiger partial charge in [0, 0.05) is 13.1 Å². The summed E-state index contributed by atoms with van der Waals surface area (Å²) >= 11 is 0. The maximum Gasteiger partial charge on any atom is 0.0169 e. The molecule has 4 N–H and O–H groups in total. The van der Waals surface area contributed by atoms with Gasteiger partial charge in [-0.25, -0.2) is 5.01 Å². The predicted octanol–water partition coefficient (Wildman–Crippen LogP) is -0.469. The molecule has 0 radical (unpaired) electrons. The van der Waals surface area contributed by atoms with E-state index in [2.05, 4.69) is 0 Å². The van der Waals surface area contributed by atoms with Gasteiger partial charge in [0.15, 0.2) is 0 Å². The van der Waals surface area contributed by atoms with E-state index in [-0.39, 0.29) is 0 Å². The van der Waals surface area contributed by atoms with E-state index in [9.17, 15) is 0 Å². The zero-order valence-electron chi connectivity index (χ0n) is 5.71. The predicted molar refractivity (Wildman–Crippen MR) is 37.5 cm³/mol. The van der Waals surface area contributed by atoms with Gasteiger partial charge in [0.2, 0.25) is 0 Å². The first kappa shape index (κ1) is 6.99. The second kappa shape index (κ2) is 3.15.